The number of carbonyl (C=O) groups excluding carboxylic acids is 1. The van der Waals surface area contributed by atoms with Crippen LogP contribution in [0.15, 0.2) is 30.3 Å². The monoisotopic (exact) mass is 294 g/mol. The number of aliphatic hydroxyl groups excluding tert-OH is 1. The van der Waals surface area contributed by atoms with Crippen molar-refractivity contribution in [2.75, 3.05) is 6.61 Å². The molecule has 116 valence electrons. The fraction of sp³-hybridized carbons (Fsp3) is 0.562. The van der Waals surface area contributed by atoms with Crippen LogP contribution in [0.2, 0.25) is 0 Å². The van der Waals surface area contributed by atoms with E-state index < -0.39 is 12.4 Å². The molecule has 1 aromatic carbocycles. The Balaban J connectivity index is 1.87. The van der Waals surface area contributed by atoms with E-state index in [0.29, 0.717) is 19.4 Å². The van der Waals surface area contributed by atoms with Crippen molar-refractivity contribution in [1.29, 1.82) is 0 Å². The highest BCUT2D eigenvalue weighted by Gasteiger charge is 2.31. The van der Waals surface area contributed by atoms with Crippen molar-refractivity contribution < 1.29 is 24.1 Å². The maximum absolute atomic E-state index is 10.7. The second-order valence-corrected chi connectivity index (χ2v) is 5.24. The summed E-state index contributed by atoms with van der Waals surface area (Å²) in [6, 6.07) is 9.82. The Hall–Kier alpha value is -1.27. The highest BCUT2D eigenvalue weighted by molar-refractivity contribution is 5.55. The van der Waals surface area contributed by atoms with Gasteiger partial charge in [-0.2, -0.15) is 0 Å². The summed E-state index contributed by atoms with van der Waals surface area (Å²) in [4.78, 5) is 10.7. The summed E-state index contributed by atoms with van der Waals surface area (Å²) in [7, 11) is 0. The lowest BCUT2D eigenvalue weighted by molar-refractivity contribution is -0.235. The fourth-order valence-electron chi connectivity index (χ4n) is 2.36. The summed E-state index contributed by atoms with van der Waals surface area (Å²) in [6.45, 7) is 2.07. The van der Waals surface area contributed by atoms with Crippen molar-refractivity contribution >= 4 is 6.29 Å². The first-order valence-corrected chi connectivity index (χ1v) is 7.24. The third-order valence-electron chi connectivity index (χ3n) is 3.41. The quantitative estimate of drug-likeness (QED) is 0.775. The Bertz CT molecular complexity index is 422. The maximum atomic E-state index is 10.7. The van der Waals surface area contributed by atoms with Gasteiger partial charge >= 0.3 is 0 Å². The largest absolute Gasteiger partial charge is 0.394 e. The van der Waals surface area contributed by atoms with E-state index in [4.69, 9.17) is 14.2 Å². The summed E-state index contributed by atoms with van der Waals surface area (Å²) in [6.07, 6.45) is 0.549. The van der Waals surface area contributed by atoms with E-state index in [0.717, 1.165) is 11.8 Å². The van der Waals surface area contributed by atoms with Gasteiger partial charge in [-0.05, 0) is 12.5 Å². The first-order valence-electron chi connectivity index (χ1n) is 7.24. The molecule has 1 aromatic rings. The van der Waals surface area contributed by atoms with Gasteiger partial charge in [-0.3, -0.25) is 0 Å². The van der Waals surface area contributed by atoms with Gasteiger partial charge in [-0.1, -0.05) is 30.3 Å². The molecule has 5 heteroatoms. The van der Waals surface area contributed by atoms with Gasteiger partial charge < -0.3 is 24.1 Å². The molecule has 1 aliphatic heterocycles. The molecule has 1 aliphatic rings. The average molecular weight is 294 g/mol. The van der Waals surface area contributed by atoms with Gasteiger partial charge in [0.15, 0.2) is 6.29 Å². The predicted molar refractivity (Wildman–Crippen MR) is 76.6 cm³/mol. The van der Waals surface area contributed by atoms with Gasteiger partial charge in [-0.15, -0.1) is 0 Å². The second kappa shape index (κ2) is 8.24. The van der Waals surface area contributed by atoms with E-state index in [1.54, 1.807) is 6.92 Å². The molecule has 4 atom stereocenters. The van der Waals surface area contributed by atoms with Crippen molar-refractivity contribution in [1.82, 2.24) is 0 Å². The first-order chi connectivity index (χ1) is 10.2. The number of ether oxygens (including phenoxy) is 3. The molecule has 1 fully saturated rings. The fourth-order valence-corrected chi connectivity index (χ4v) is 2.36. The van der Waals surface area contributed by atoms with E-state index >= 15 is 0 Å². The molecule has 2 rings (SSSR count). The lowest BCUT2D eigenvalue weighted by Crippen LogP contribution is -2.41. The Morgan fingerprint density at radius 2 is 2.14 bits per heavy atom. The molecule has 0 amide bonds. The lowest BCUT2D eigenvalue weighted by atomic mass is 10.1. The highest BCUT2D eigenvalue weighted by atomic mass is 16.7. The van der Waals surface area contributed by atoms with Crippen molar-refractivity contribution in [3.8, 4) is 0 Å². The molecule has 0 aliphatic carbocycles. The zero-order valence-corrected chi connectivity index (χ0v) is 12.2. The van der Waals surface area contributed by atoms with Crippen molar-refractivity contribution in [3.05, 3.63) is 35.9 Å². The Morgan fingerprint density at radius 1 is 1.38 bits per heavy atom. The Morgan fingerprint density at radius 3 is 2.81 bits per heavy atom. The van der Waals surface area contributed by atoms with Crippen LogP contribution in [0.3, 0.4) is 0 Å². The van der Waals surface area contributed by atoms with Crippen LogP contribution in [-0.2, 0) is 25.6 Å². The highest BCUT2D eigenvalue weighted by Crippen LogP contribution is 2.24. The van der Waals surface area contributed by atoms with Crippen LogP contribution in [-0.4, -0.2) is 42.6 Å². The molecular formula is C16H22O5. The van der Waals surface area contributed by atoms with Crippen LogP contribution in [0.5, 0.6) is 0 Å². The topological polar surface area (TPSA) is 65.0 Å². The van der Waals surface area contributed by atoms with Gasteiger partial charge in [0.25, 0.3) is 0 Å². The Labute approximate surface area is 124 Å². The van der Waals surface area contributed by atoms with E-state index in [1.807, 2.05) is 30.3 Å². The molecule has 5 nitrogen and oxygen atoms in total. The van der Waals surface area contributed by atoms with Gasteiger partial charge in [0.2, 0.25) is 0 Å². The average Bonchev–Trinajstić information content (AvgIpc) is 2.53. The summed E-state index contributed by atoms with van der Waals surface area (Å²) >= 11 is 0. The molecular weight excluding hydrogens is 272 g/mol. The first kappa shape index (κ1) is 16.1. The third-order valence-corrected chi connectivity index (χ3v) is 3.41. The zero-order valence-electron chi connectivity index (χ0n) is 12.2. The number of aliphatic hydroxyl groups is 1. The predicted octanol–water partition coefficient (Wildman–Crippen LogP) is 1.67. The second-order valence-electron chi connectivity index (χ2n) is 5.24. The molecule has 3 unspecified atom stereocenters. The zero-order chi connectivity index (χ0) is 15.1. The van der Waals surface area contributed by atoms with Crippen molar-refractivity contribution in [2.45, 2.75) is 51.0 Å². The normalized spacial score (nSPS) is 27.2. The number of carbonyl (C=O) groups is 1. The summed E-state index contributed by atoms with van der Waals surface area (Å²) in [5.41, 5.74) is 1.06. The summed E-state index contributed by atoms with van der Waals surface area (Å²) < 4.78 is 17.0. The van der Waals surface area contributed by atoms with E-state index in [2.05, 4.69) is 0 Å². The van der Waals surface area contributed by atoms with Crippen LogP contribution in [0.25, 0.3) is 0 Å². The third kappa shape index (κ3) is 5.21. The van der Waals surface area contributed by atoms with E-state index in [1.165, 1.54) is 0 Å². The van der Waals surface area contributed by atoms with Gasteiger partial charge in [0, 0.05) is 12.8 Å². The summed E-state index contributed by atoms with van der Waals surface area (Å²) in [5, 5.41) is 9.30. The molecule has 0 saturated carbocycles. The number of benzene rings is 1. The molecule has 0 bridgehead atoms. The molecule has 1 N–H and O–H groups in total. The minimum atomic E-state index is -0.456. The number of hydrogen-bond donors (Lipinski definition) is 1. The van der Waals surface area contributed by atoms with Gasteiger partial charge in [0.05, 0.1) is 25.4 Å². The van der Waals surface area contributed by atoms with E-state index in [-0.39, 0.29) is 18.8 Å². The summed E-state index contributed by atoms with van der Waals surface area (Å²) in [5.74, 6) is 0. The van der Waals surface area contributed by atoms with E-state index in [9.17, 15) is 9.90 Å². The maximum Gasteiger partial charge on any atom is 0.160 e. The Kier molecular flexibility index (Phi) is 6.32. The SMILES string of the molecule is C[C@H](C=O)OC1CC(CO)OC(OCc2ccccc2)C1. The van der Waals surface area contributed by atoms with Crippen LogP contribution >= 0.6 is 0 Å². The smallest absolute Gasteiger partial charge is 0.160 e. The minimum Gasteiger partial charge on any atom is -0.394 e. The molecule has 0 aromatic heterocycles. The lowest BCUT2D eigenvalue weighted by Gasteiger charge is -2.35. The van der Waals surface area contributed by atoms with Crippen molar-refractivity contribution in [2.24, 2.45) is 0 Å². The standard InChI is InChI=1S/C16H22O5/c1-12(9-17)20-14-7-15(10-18)21-16(8-14)19-11-13-5-3-2-4-6-13/h2-6,9,12,14-16,18H,7-8,10-11H2,1H3/t12-,14?,15?,16?/m1/s1. The molecule has 21 heavy (non-hydrogen) atoms. The number of rotatable bonds is 7. The number of aldehydes is 1. The van der Waals surface area contributed by atoms with Crippen LogP contribution < -0.4 is 0 Å². The number of hydrogen-bond acceptors (Lipinski definition) is 5. The van der Waals surface area contributed by atoms with Crippen LogP contribution in [0.4, 0.5) is 0 Å². The molecule has 1 heterocycles. The van der Waals surface area contributed by atoms with Crippen LogP contribution in [0.1, 0.15) is 25.3 Å². The van der Waals surface area contributed by atoms with Gasteiger partial charge in [-0.25, -0.2) is 0 Å². The van der Waals surface area contributed by atoms with Crippen molar-refractivity contribution in [3.63, 3.8) is 0 Å². The van der Waals surface area contributed by atoms with Gasteiger partial charge in [0.1, 0.15) is 12.4 Å². The molecule has 0 spiro atoms. The minimum absolute atomic E-state index is 0.0828. The molecule has 1 saturated heterocycles. The van der Waals surface area contributed by atoms with Crippen LogP contribution in [0, 0.1) is 0 Å². The molecule has 0 radical (unpaired) electrons.